The van der Waals surface area contributed by atoms with Gasteiger partial charge in [-0.05, 0) is 77.0 Å². The largest absolute Gasteiger partial charge is 0.472 e. The fourth-order valence-electron chi connectivity index (χ4n) is 6.44. The standard InChI is InChI=1S/C51H90NO8P/c1-3-5-7-9-11-13-15-17-19-21-23-24-26-27-29-31-33-35-37-39-41-43-50(53)57-47-49(48-59-61(55,56)58-46-45-52)60-51(54)44-42-40-38-36-34-32-30-28-25-22-20-18-16-14-12-10-8-6-4-2/h12,14,17-20,25,28,32,34,38,40,49H,3-11,13,15-16,21-24,26-27,29-31,33,35-37,39,41-48,52H2,1-2H3,(H,55,56). The first-order valence-electron chi connectivity index (χ1n) is 24.4. The summed E-state index contributed by atoms with van der Waals surface area (Å²) in [4.78, 5) is 35.0. The summed E-state index contributed by atoms with van der Waals surface area (Å²) in [6, 6.07) is 0. The molecule has 0 saturated heterocycles. The summed E-state index contributed by atoms with van der Waals surface area (Å²) in [5.74, 6) is -0.926. The van der Waals surface area contributed by atoms with Crippen LogP contribution in [0.15, 0.2) is 72.9 Å². The molecule has 0 rings (SSSR count). The maximum absolute atomic E-state index is 12.6. The van der Waals surface area contributed by atoms with Crippen molar-refractivity contribution in [2.24, 2.45) is 5.73 Å². The highest BCUT2D eigenvalue weighted by atomic mass is 31.2. The molecule has 0 amide bonds. The van der Waals surface area contributed by atoms with Crippen LogP contribution in [0.2, 0.25) is 0 Å². The quantitative estimate of drug-likeness (QED) is 0.0265. The summed E-state index contributed by atoms with van der Waals surface area (Å²) < 4.78 is 32.8. The van der Waals surface area contributed by atoms with Crippen LogP contribution in [-0.2, 0) is 32.7 Å². The number of esters is 2. The lowest BCUT2D eigenvalue weighted by Crippen LogP contribution is -2.29. The molecule has 0 radical (unpaired) electrons. The molecule has 0 saturated carbocycles. The Balaban J connectivity index is 4.19. The first kappa shape index (κ1) is 58.5. The first-order valence-corrected chi connectivity index (χ1v) is 25.9. The van der Waals surface area contributed by atoms with Crippen LogP contribution in [0, 0.1) is 0 Å². The van der Waals surface area contributed by atoms with E-state index in [4.69, 9.17) is 24.3 Å². The van der Waals surface area contributed by atoms with E-state index in [0.29, 0.717) is 6.42 Å². The minimum atomic E-state index is -4.40. The van der Waals surface area contributed by atoms with Gasteiger partial charge in [-0.3, -0.25) is 18.6 Å². The van der Waals surface area contributed by atoms with Gasteiger partial charge in [0.05, 0.1) is 13.2 Å². The third-order valence-electron chi connectivity index (χ3n) is 10.1. The van der Waals surface area contributed by atoms with Gasteiger partial charge in [-0.25, -0.2) is 4.57 Å². The van der Waals surface area contributed by atoms with E-state index in [1.807, 2.05) is 12.2 Å². The van der Waals surface area contributed by atoms with Crippen molar-refractivity contribution in [2.45, 2.75) is 213 Å². The highest BCUT2D eigenvalue weighted by Gasteiger charge is 2.25. The van der Waals surface area contributed by atoms with E-state index >= 15 is 0 Å². The highest BCUT2D eigenvalue weighted by Crippen LogP contribution is 2.43. The van der Waals surface area contributed by atoms with Gasteiger partial charge in [0.15, 0.2) is 6.10 Å². The van der Waals surface area contributed by atoms with Crippen molar-refractivity contribution in [3.8, 4) is 0 Å². The molecular formula is C51H90NO8P. The van der Waals surface area contributed by atoms with Crippen molar-refractivity contribution < 1.29 is 37.6 Å². The summed E-state index contributed by atoms with van der Waals surface area (Å²) in [5, 5.41) is 0. The molecule has 0 bridgehead atoms. The summed E-state index contributed by atoms with van der Waals surface area (Å²) in [7, 11) is -4.40. The third kappa shape index (κ3) is 46.8. The molecular weight excluding hydrogens is 786 g/mol. The van der Waals surface area contributed by atoms with Gasteiger partial charge in [0.1, 0.15) is 6.61 Å². The number of hydrogen-bond acceptors (Lipinski definition) is 8. The van der Waals surface area contributed by atoms with Gasteiger partial charge >= 0.3 is 19.8 Å². The second kappa shape index (κ2) is 46.9. The minimum absolute atomic E-state index is 0.0394. The van der Waals surface area contributed by atoms with Gasteiger partial charge in [0.25, 0.3) is 0 Å². The van der Waals surface area contributed by atoms with E-state index in [2.05, 4.69) is 74.6 Å². The number of carbonyl (C=O) groups excluding carboxylic acids is 2. The Bertz CT molecular complexity index is 1230. The molecule has 61 heavy (non-hydrogen) atoms. The molecule has 10 heteroatoms. The summed E-state index contributed by atoms with van der Waals surface area (Å²) in [6.45, 7) is 3.62. The Morgan fingerprint density at radius 2 is 0.885 bits per heavy atom. The maximum Gasteiger partial charge on any atom is 0.472 e. The van der Waals surface area contributed by atoms with E-state index in [9.17, 15) is 19.0 Å². The van der Waals surface area contributed by atoms with Crippen LogP contribution < -0.4 is 5.73 Å². The predicted octanol–water partition coefficient (Wildman–Crippen LogP) is 14.6. The van der Waals surface area contributed by atoms with E-state index in [1.54, 1.807) is 0 Å². The van der Waals surface area contributed by atoms with Crippen LogP contribution in [-0.4, -0.2) is 49.3 Å². The van der Waals surface area contributed by atoms with Gasteiger partial charge in [-0.2, -0.15) is 0 Å². The fourth-order valence-corrected chi connectivity index (χ4v) is 7.20. The van der Waals surface area contributed by atoms with Gasteiger partial charge < -0.3 is 20.1 Å². The molecule has 0 aliphatic rings. The summed E-state index contributed by atoms with van der Waals surface area (Å²) in [6.07, 6.45) is 58.1. The number of hydrogen-bond donors (Lipinski definition) is 2. The molecule has 0 aromatic rings. The van der Waals surface area contributed by atoms with Gasteiger partial charge in [0, 0.05) is 19.4 Å². The molecule has 2 unspecified atom stereocenters. The van der Waals surface area contributed by atoms with E-state index in [0.717, 1.165) is 44.9 Å². The average molecular weight is 876 g/mol. The molecule has 0 heterocycles. The monoisotopic (exact) mass is 876 g/mol. The first-order chi connectivity index (χ1) is 29.8. The number of allylic oxidation sites excluding steroid dienone is 12. The van der Waals surface area contributed by atoms with Crippen LogP contribution in [0.4, 0.5) is 0 Å². The Kier molecular flexibility index (Phi) is 45.0. The minimum Gasteiger partial charge on any atom is -0.462 e. The number of rotatable bonds is 45. The second-order valence-corrected chi connectivity index (χ2v) is 17.4. The molecule has 0 fully saturated rings. The molecule has 0 aliphatic heterocycles. The summed E-state index contributed by atoms with van der Waals surface area (Å²) in [5.41, 5.74) is 5.35. The fraction of sp³-hybridized carbons (Fsp3) is 0.725. The van der Waals surface area contributed by atoms with Crippen molar-refractivity contribution in [2.75, 3.05) is 26.4 Å². The lowest BCUT2D eigenvalue weighted by atomic mass is 10.0. The number of ether oxygens (including phenoxy) is 2. The molecule has 0 aliphatic carbocycles. The molecule has 2 atom stereocenters. The molecule has 0 aromatic carbocycles. The van der Waals surface area contributed by atoms with Crippen molar-refractivity contribution in [1.29, 1.82) is 0 Å². The van der Waals surface area contributed by atoms with Crippen LogP contribution in [0.1, 0.15) is 206 Å². The Morgan fingerprint density at radius 1 is 0.492 bits per heavy atom. The van der Waals surface area contributed by atoms with Crippen molar-refractivity contribution in [1.82, 2.24) is 0 Å². The topological polar surface area (TPSA) is 134 Å². The van der Waals surface area contributed by atoms with Crippen LogP contribution >= 0.6 is 7.82 Å². The smallest absolute Gasteiger partial charge is 0.462 e. The average Bonchev–Trinajstić information content (AvgIpc) is 3.25. The van der Waals surface area contributed by atoms with E-state index in [-0.39, 0.29) is 32.6 Å². The van der Waals surface area contributed by atoms with E-state index < -0.39 is 32.5 Å². The van der Waals surface area contributed by atoms with Gasteiger partial charge in [-0.15, -0.1) is 0 Å². The maximum atomic E-state index is 12.6. The molecule has 3 N–H and O–H groups in total. The normalized spacial score (nSPS) is 13.8. The van der Waals surface area contributed by atoms with Crippen molar-refractivity contribution in [3.63, 3.8) is 0 Å². The number of carbonyl (C=O) groups is 2. The number of phosphoric acid groups is 1. The Morgan fingerprint density at radius 3 is 1.38 bits per heavy atom. The number of nitrogens with two attached hydrogens (primary N) is 1. The molecule has 352 valence electrons. The lowest BCUT2D eigenvalue weighted by Gasteiger charge is -2.19. The van der Waals surface area contributed by atoms with Crippen LogP contribution in [0.3, 0.4) is 0 Å². The van der Waals surface area contributed by atoms with Crippen molar-refractivity contribution in [3.05, 3.63) is 72.9 Å². The van der Waals surface area contributed by atoms with Crippen LogP contribution in [0.5, 0.6) is 0 Å². The molecule has 9 nitrogen and oxygen atoms in total. The van der Waals surface area contributed by atoms with E-state index in [1.165, 1.54) is 128 Å². The summed E-state index contributed by atoms with van der Waals surface area (Å²) >= 11 is 0. The zero-order chi connectivity index (χ0) is 44.6. The number of phosphoric ester groups is 1. The Hall–Kier alpha value is -2.55. The lowest BCUT2D eigenvalue weighted by molar-refractivity contribution is -0.161. The molecule has 0 spiro atoms. The zero-order valence-electron chi connectivity index (χ0n) is 38.9. The van der Waals surface area contributed by atoms with Crippen molar-refractivity contribution >= 4 is 19.8 Å². The Labute approximate surface area is 373 Å². The third-order valence-corrected chi connectivity index (χ3v) is 11.1. The highest BCUT2D eigenvalue weighted by molar-refractivity contribution is 7.47. The van der Waals surface area contributed by atoms with Gasteiger partial charge in [0.2, 0.25) is 0 Å². The van der Waals surface area contributed by atoms with Gasteiger partial charge in [-0.1, -0.05) is 189 Å². The zero-order valence-corrected chi connectivity index (χ0v) is 39.8. The number of unbranched alkanes of at least 4 members (excludes halogenated alkanes) is 20. The second-order valence-electron chi connectivity index (χ2n) is 16.0. The predicted molar refractivity (Wildman–Crippen MR) is 256 cm³/mol. The molecule has 0 aromatic heterocycles. The van der Waals surface area contributed by atoms with Crippen LogP contribution in [0.25, 0.3) is 0 Å². The SMILES string of the molecule is CCCCCC=CCC=CCC=CCC=CCC=CCCC(=O)OC(COC(=O)CCCCCCCCCCCCCC=CCCCCCCCC)COP(=O)(O)OCCN.